The van der Waals surface area contributed by atoms with Crippen molar-refractivity contribution in [1.29, 1.82) is 0 Å². The summed E-state index contributed by atoms with van der Waals surface area (Å²) in [6.07, 6.45) is 0.663. The molecule has 26 heavy (non-hydrogen) atoms. The lowest BCUT2D eigenvalue weighted by Gasteiger charge is -2.20. The molecule has 0 bridgehead atoms. The van der Waals surface area contributed by atoms with E-state index in [4.69, 9.17) is 14.2 Å². The van der Waals surface area contributed by atoms with Gasteiger partial charge in [-0.1, -0.05) is 0 Å². The van der Waals surface area contributed by atoms with Crippen molar-refractivity contribution >= 4 is 19.7 Å². The van der Waals surface area contributed by atoms with Crippen LogP contribution in [0.15, 0.2) is 23.1 Å². The molecule has 2 atom stereocenters. The molecule has 1 heterocycles. The Balaban J connectivity index is 2.29. The van der Waals surface area contributed by atoms with Crippen molar-refractivity contribution in [2.45, 2.75) is 22.6 Å². The lowest BCUT2D eigenvalue weighted by Crippen LogP contribution is -2.43. The van der Waals surface area contributed by atoms with Gasteiger partial charge in [-0.05, 0) is 25.1 Å². The molecule has 1 aliphatic heterocycles. The molecule has 0 spiro atoms. The maximum Gasteiger partial charge on any atom is 0.183 e. The number of benzene rings is 1. The topological polar surface area (TPSA) is 108 Å². The fourth-order valence-corrected chi connectivity index (χ4v) is 7.71. The summed E-state index contributed by atoms with van der Waals surface area (Å²) < 4.78 is 65.5. The van der Waals surface area contributed by atoms with E-state index < -0.39 is 36.7 Å². The predicted octanol–water partition coefficient (Wildman–Crippen LogP) is 0.269. The second kappa shape index (κ2) is 8.55. The minimum absolute atomic E-state index is 0.0148. The highest BCUT2D eigenvalue weighted by atomic mass is 32.2. The first-order valence-electron chi connectivity index (χ1n) is 8.14. The fourth-order valence-electron chi connectivity index (χ4n) is 2.98. The SMILES string of the molecule is COCCCN[C@H]1CS(=O)(=O)C[C@@H]1S(=O)(=O)c1ccc(OC)c(OC)c1. The van der Waals surface area contributed by atoms with Crippen LogP contribution in [0.5, 0.6) is 11.5 Å². The third kappa shape index (κ3) is 4.67. The summed E-state index contributed by atoms with van der Waals surface area (Å²) in [6.45, 7) is 0.992. The number of hydrogen-bond donors (Lipinski definition) is 1. The number of ether oxygens (including phenoxy) is 3. The Morgan fingerprint density at radius 2 is 1.81 bits per heavy atom. The van der Waals surface area contributed by atoms with Gasteiger partial charge in [-0.2, -0.15) is 0 Å². The smallest absolute Gasteiger partial charge is 0.183 e. The molecule has 1 saturated heterocycles. The van der Waals surface area contributed by atoms with Gasteiger partial charge in [-0.15, -0.1) is 0 Å². The molecular formula is C16H25NO7S2. The van der Waals surface area contributed by atoms with E-state index in [-0.39, 0.29) is 16.4 Å². The van der Waals surface area contributed by atoms with E-state index in [0.717, 1.165) is 0 Å². The monoisotopic (exact) mass is 407 g/mol. The van der Waals surface area contributed by atoms with Crippen LogP contribution in [-0.2, 0) is 24.4 Å². The van der Waals surface area contributed by atoms with Crippen LogP contribution in [0.3, 0.4) is 0 Å². The molecule has 0 unspecified atom stereocenters. The Labute approximate surface area is 154 Å². The fraction of sp³-hybridized carbons (Fsp3) is 0.625. The molecule has 0 radical (unpaired) electrons. The normalized spacial score (nSPS) is 22.3. The molecule has 1 N–H and O–H groups in total. The van der Waals surface area contributed by atoms with Crippen LogP contribution in [0.1, 0.15) is 6.42 Å². The highest BCUT2D eigenvalue weighted by Crippen LogP contribution is 2.33. The van der Waals surface area contributed by atoms with Crippen LogP contribution < -0.4 is 14.8 Å². The lowest BCUT2D eigenvalue weighted by molar-refractivity contribution is 0.193. The van der Waals surface area contributed by atoms with Crippen LogP contribution >= 0.6 is 0 Å². The largest absolute Gasteiger partial charge is 0.493 e. The van der Waals surface area contributed by atoms with Gasteiger partial charge in [-0.25, -0.2) is 16.8 Å². The van der Waals surface area contributed by atoms with Gasteiger partial charge in [-0.3, -0.25) is 0 Å². The number of rotatable bonds is 9. The van der Waals surface area contributed by atoms with Crippen molar-refractivity contribution in [1.82, 2.24) is 5.32 Å². The third-order valence-electron chi connectivity index (χ3n) is 4.31. The van der Waals surface area contributed by atoms with E-state index in [1.807, 2.05) is 0 Å². The molecule has 0 aliphatic carbocycles. The van der Waals surface area contributed by atoms with Gasteiger partial charge in [0.05, 0.1) is 35.9 Å². The van der Waals surface area contributed by atoms with Crippen LogP contribution in [0, 0.1) is 0 Å². The first-order chi connectivity index (χ1) is 12.2. The quantitative estimate of drug-likeness (QED) is 0.581. The number of hydrogen-bond acceptors (Lipinski definition) is 8. The summed E-state index contributed by atoms with van der Waals surface area (Å²) in [5, 5.41) is 2.01. The minimum Gasteiger partial charge on any atom is -0.493 e. The van der Waals surface area contributed by atoms with Gasteiger partial charge < -0.3 is 19.5 Å². The number of sulfone groups is 2. The Morgan fingerprint density at radius 3 is 2.42 bits per heavy atom. The van der Waals surface area contributed by atoms with Crippen LogP contribution in [-0.4, -0.2) is 74.1 Å². The van der Waals surface area contributed by atoms with Gasteiger partial charge in [0.2, 0.25) is 0 Å². The van der Waals surface area contributed by atoms with E-state index in [2.05, 4.69) is 5.32 Å². The molecule has 1 aromatic carbocycles. The first-order valence-corrected chi connectivity index (χ1v) is 11.5. The van der Waals surface area contributed by atoms with E-state index >= 15 is 0 Å². The zero-order chi connectivity index (χ0) is 19.4. The summed E-state index contributed by atoms with van der Waals surface area (Å²) in [7, 11) is -2.86. The van der Waals surface area contributed by atoms with Gasteiger partial charge in [0.1, 0.15) is 0 Å². The molecule has 1 aliphatic rings. The van der Waals surface area contributed by atoms with Gasteiger partial charge in [0.15, 0.2) is 31.2 Å². The predicted molar refractivity (Wildman–Crippen MR) is 97.5 cm³/mol. The molecule has 0 amide bonds. The highest BCUT2D eigenvalue weighted by molar-refractivity contribution is 7.96. The van der Waals surface area contributed by atoms with E-state index in [0.29, 0.717) is 25.3 Å². The Morgan fingerprint density at radius 1 is 1.12 bits per heavy atom. The summed E-state index contributed by atoms with van der Waals surface area (Å²) in [5.74, 6) is 0.0850. The van der Waals surface area contributed by atoms with Crippen molar-refractivity contribution < 1.29 is 31.0 Å². The maximum absolute atomic E-state index is 13.1. The van der Waals surface area contributed by atoms with Crippen molar-refractivity contribution in [3.8, 4) is 11.5 Å². The summed E-state index contributed by atoms with van der Waals surface area (Å²) in [4.78, 5) is 0.0148. The van der Waals surface area contributed by atoms with Gasteiger partial charge >= 0.3 is 0 Å². The third-order valence-corrected chi connectivity index (χ3v) is 8.46. The van der Waals surface area contributed by atoms with Crippen molar-refractivity contribution in [3.05, 3.63) is 18.2 Å². The van der Waals surface area contributed by atoms with Gasteiger partial charge in [0.25, 0.3) is 0 Å². The zero-order valence-corrected chi connectivity index (χ0v) is 16.7. The molecule has 2 rings (SSSR count). The average Bonchev–Trinajstić information content (AvgIpc) is 2.93. The lowest BCUT2D eigenvalue weighted by atomic mass is 10.2. The Kier molecular flexibility index (Phi) is 6.89. The van der Waals surface area contributed by atoms with Crippen LogP contribution in [0.2, 0.25) is 0 Å². The molecular weight excluding hydrogens is 382 g/mol. The molecule has 10 heteroatoms. The molecule has 0 aromatic heterocycles. The van der Waals surface area contributed by atoms with Gasteiger partial charge in [0, 0.05) is 25.8 Å². The van der Waals surface area contributed by atoms with E-state index in [9.17, 15) is 16.8 Å². The second-order valence-electron chi connectivity index (χ2n) is 6.08. The Bertz CT molecular complexity index is 821. The molecule has 148 valence electrons. The second-order valence-corrected chi connectivity index (χ2v) is 10.4. The summed E-state index contributed by atoms with van der Waals surface area (Å²) >= 11 is 0. The van der Waals surface area contributed by atoms with Crippen LogP contribution in [0.4, 0.5) is 0 Å². The Hall–Kier alpha value is -1.36. The van der Waals surface area contributed by atoms with E-state index in [1.165, 1.54) is 32.4 Å². The first kappa shape index (κ1) is 20.9. The molecule has 0 saturated carbocycles. The van der Waals surface area contributed by atoms with E-state index in [1.54, 1.807) is 7.11 Å². The summed E-state index contributed by atoms with van der Waals surface area (Å²) in [6, 6.07) is 3.61. The molecule has 8 nitrogen and oxygen atoms in total. The van der Waals surface area contributed by atoms with Crippen molar-refractivity contribution in [3.63, 3.8) is 0 Å². The van der Waals surface area contributed by atoms with Crippen molar-refractivity contribution in [2.24, 2.45) is 0 Å². The number of methoxy groups -OCH3 is 3. The maximum atomic E-state index is 13.1. The average molecular weight is 408 g/mol. The van der Waals surface area contributed by atoms with Crippen molar-refractivity contribution in [2.75, 3.05) is 46.0 Å². The minimum atomic E-state index is -3.87. The van der Waals surface area contributed by atoms with Crippen LogP contribution in [0.25, 0.3) is 0 Å². The molecule has 1 fully saturated rings. The standard InChI is InChI=1S/C16H25NO7S2/c1-22-8-4-7-17-13-10-25(18,19)11-16(13)26(20,21)12-5-6-14(23-2)15(9-12)24-3/h5-6,9,13,16-17H,4,7-8,10-11H2,1-3H3/t13-,16-/m0/s1. The summed E-state index contributed by atoms with van der Waals surface area (Å²) in [5.41, 5.74) is 0. The number of nitrogens with one attached hydrogen (secondary N) is 1. The zero-order valence-electron chi connectivity index (χ0n) is 15.1. The molecule has 1 aromatic rings. The highest BCUT2D eigenvalue weighted by Gasteiger charge is 2.45.